The zero-order valence-corrected chi connectivity index (χ0v) is 12.5. The van der Waals surface area contributed by atoms with Crippen molar-refractivity contribution in [3.05, 3.63) is 59.9 Å². The van der Waals surface area contributed by atoms with Crippen molar-refractivity contribution in [2.24, 2.45) is 0 Å². The molecule has 0 aliphatic rings. The molecule has 0 spiro atoms. The molecule has 0 unspecified atom stereocenters. The standard InChI is InChI=1S/C16H18N2OS/c1-12(2)20-15-7-5-13(6-8-15)10-18-16(19)14-4-3-9-17-11-14/h3-9,11-12H,10H2,1-2H3,(H,18,19). The predicted molar refractivity (Wildman–Crippen MR) is 82.8 cm³/mol. The van der Waals surface area contributed by atoms with Crippen LogP contribution >= 0.6 is 11.8 Å². The Morgan fingerprint density at radius 1 is 1.25 bits per heavy atom. The largest absolute Gasteiger partial charge is 0.348 e. The van der Waals surface area contributed by atoms with E-state index in [0.29, 0.717) is 17.4 Å². The van der Waals surface area contributed by atoms with Crippen molar-refractivity contribution in [2.45, 2.75) is 30.5 Å². The number of carbonyl (C=O) groups excluding carboxylic acids is 1. The van der Waals surface area contributed by atoms with Gasteiger partial charge in [-0.1, -0.05) is 26.0 Å². The van der Waals surface area contributed by atoms with E-state index in [1.165, 1.54) is 4.90 Å². The van der Waals surface area contributed by atoms with Gasteiger partial charge in [-0.05, 0) is 29.8 Å². The van der Waals surface area contributed by atoms with Gasteiger partial charge in [0.15, 0.2) is 0 Å². The molecule has 104 valence electrons. The number of rotatable bonds is 5. The van der Waals surface area contributed by atoms with Crippen LogP contribution in [0, 0.1) is 0 Å². The van der Waals surface area contributed by atoms with Gasteiger partial charge in [0, 0.05) is 29.1 Å². The highest BCUT2D eigenvalue weighted by Crippen LogP contribution is 2.22. The Morgan fingerprint density at radius 2 is 2.00 bits per heavy atom. The lowest BCUT2D eigenvalue weighted by Gasteiger charge is -2.07. The minimum atomic E-state index is -0.0984. The van der Waals surface area contributed by atoms with Crippen LogP contribution in [0.4, 0.5) is 0 Å². The van der Waals surface area contributed by atoms with Crippen molar-refractivity contribution in [1.82, 2.24) is 10.3 Å². The number of amides is 1. The van der Waals surface area contributed by atoms with Crippen LogP contribution in [0.2, 0.25) is 0 Å². The van der Waals surface area contributed by atoms with Gasteiger partial charge in [0.2, 0.25) is 0 Å². The fourth-order valence-corrected chi connectivity index (χ4v) is 2.58. The summed E-state index contributed by atoms with van der Waals surface area (Å²) >= 11 is 1.83. The second-order valence-electron chi connectivity index (χ2n) is 4.73. The molecular formula is C16H18N2OS. The molecule has 0 atom stereocenters. The lowest BCUT2D eigenvalue weighted by molar-refractivity contribution is 0.0950. The second-order valence-corrected chi connectivity index (χ2v) is 6.38. The lowest BCUT2D eigenvalue weighted by Crippen LogP contribution is -2.22. The molecule has 20 heavy (non-hydrogen) atoms. The van der Waals surface area contributed by atoms with Gasteiger partial charge in [-0.15, -0.1) is 11.8 Å². The molecule has 0 aliphatic carbocycles. The highest BCUT2D eigenvalue weighted by molar-refractivity contribution is 7.99. The normalized spacial score (nSPS) is 10.6. The first-order valence-electron chi connectivity index (χ1n) is 6.59. The van der Waals surface area contributed by atoms with Crippen molar-refractivity contribution in [1.29, 1.82) is 0 Å². The third-order valence-corrected chi connectivity index (χ3v) is 3.69. The summed E-state index contributed by atoms with van der Waals surface area (Å²) in [6.45, 7) is 4.87. The molecule has 1 heterocycles. The minimum absolute atomic E-state index is 0.0984. The summed E-state index contributed by atoms with van der Waals surface area (Å²) in [6, 6.07) is 11.8. The number of benzene rings is 1. The van der Waals surface area contributed by atoms with E-state index < -0.39 is 0 Å². The molecule has 1 N–H and O–H groups in total. The topological polar surface area (TPSA) is 42.0 Å². The van der Waals surface area contributed by atoms with Crippen LogP contribution in [0.25, 0.3) is 0 Å². The van der Waals surface area contributed by atoms with E-state index in [4.69, 9.17) is 0 Å². The zero-order chi connectivity index (χ0) is 14.4. The number of nitrogens with zero attached hydrogens (tertiary/aromatic N) is 1. The van der Waals surface area contributed by atoms with Gasteiger partial charge < -0.3 is 5.32 Å². The van der Waals surface area contributed by atoms with Gasteiger partial charge >= 0.3 is 0 Å². The minimum Gasteiger partial charge on any atom is -0.348 e. The maximum atomic E-state index is 11.9. The monoisotopic (exact) mass is 286 g/mol. The molecule has 0 saturated carbocycles. The molecule has 0 fully saturated rings. The van der Waals surface area contributed by atoms with Gasteiger partial charge in [0.25, 0.3) is 5.91 Å². The van der Waals surface area contributed by atoms with Crippen LogP contribution in [-0.2, 0) is 6.54 Å². The van der Waals surface area contributed by atoms with Crippen molar-refractivity contribution >= 4 is 17.7 Å². The summed E-state index contributed by atoms with van der Waals surface area (Å²) in [5.74, 6) is -0.0984. The first-order chi connectivity index (χ1) is 9.65. The Hall–Kier alpha value is -1.81. The van der Waals surface area contributed by atoms with Gasteiger partial charge in [-0.25, -0.2) is 0 Å². The quantitative estimate of drug-likeness (QED) is 0.855. The number of pyridine rings is 1. The smallest absolute Gasteiger partial charge is 0.253 e. The van der Waals surface area contributed by atoms with E-state index in [1.54, 1.807) is 24.5 Å². The highest BCUT2D eigenvalue weighted by Gasteiger charge is 2.04. The van der Waals surface area contributed by atoms with Crippen LogP contribution in [0.1, 0.15) is 29.8 Å². The van der Waals surface area contributed by atoms with Crippen LogP contribution in [0.5, 0.6) is 0 Å². The van der Waals surface area contributed by atoms with Crippen molar-refractivity contribution in [3.63, 3.8) is 0 Å². The number of carbonyl (C=O) groups is 1. The Balaban J connectivity index is 1.89. The van der Waals surface area contributed by atoms with Crippen LogP contribution in [0.3, 0.4) is 0 Å². The molecule has 1 aromatic carbocycles. The molecule has 0 bridgehead atoms. The van der Waals surface area contributed by atoms with E-state index in [9.17, 15) is 4.79 Å². The van der Waals surface area contributed by atoms with Crippen LogP contribution in [-0.4, -0.2) is 16.1 Å². The van der Waals surface area contributed by atoms with Gasteiger partial charge in [-0.3, -0.25) is 9.78 Å². The Kier molecular flexibility index (Phi) is 5.18. The van der Waals surface area contributed by atoms with E-state index in [1.807, 2.05) is 23.9 Å². The molecule has 0 saturated heterocycles. The number of hydrogen-bond donors (Lipinski definition) is 1. The maximum Gasteiger partial charge on any atom is 0.253 e. The average Bonchev–Trinajstić information content (AvgIpc) is 2.46. The fourth-order valence-electron chi connectivity index (χ4n) is 1.74. The third kappa shape index (κ3) is 4.38. The third-order valence-electron chi connectivity index (χ3n) is 2.67. The first kappa shape index (κ1) is 14.6. The Labute approximate surface area is 123 Å². The predicted octanol–water partition coefficient (Wildman–Crippen LogP) is 3.51. The molecule has 0 radical (unpaired) electrons. The van der Waals surface area contributed by atoms with E-state index in [-0.39, 0.29) is 5.91 Å². The lowest BCUT2D eigenvalue weighted by atomic mass is 10.2. The van der Waals surface area contributed by atoms with Crippen LogP contribution < -0.4 is 5.32 Å². The molecule has 2 aromatic rings. The summed E-state index contributed by atoms with van der Waals surface area (Å²) < 4.78 is 0. The SMILES string of the molecule is CC(C)Sc1ccc(CNC(=O)c2cccnc2)cc1. The Morgan fingerprint density at radius 3 is 2.60 bits per heavy atom. The average molecular weight is 286 g/mol. The van der Waals surface area contributed by atoms with Gasteiger partial charge in [0.05, 0.1) is 5.56 Å². The molecule has 3 nitrogen and oxygen atoms in total. The number of hydrogen-bond acceptors (Lipinski definition) is 3. The first-order valence-corrected chi connectivity index (χ1v) is 7.47. The molecule has 1 aromatic heterocycles. The Bertz CT molecular complexity index is 552. The number of nitrogens with one attached hydrogen (secondary N) is 1. The molecule has 4 heteroatoms. The summed E-state index contributed by atoms with van der Waals surface area (Å²) in [7, 11) is 0. The molecule has 2 rings (SSSR count). The van der Waals surface area contributed by atoms with E-state index in [0.717, 1.165) is 5.56 Å². The fraction of sp³-hybridized carbons (Fsp3) is 0.250. The van der Waals surface area contributed by atoms with Gasteiger partial charge in [-0.2, -0.15) is 0 Å². The van der Waals surface area contributed by atoms with Crippen molar-refractivity contribution in [3.8, 4) is 0 Å². The number of thioether (sulfide) groups is 1. The summed E-state index contributed by atoms with van der Waals surface area (Å²) in [5, 5.41) is 3.46. The van der Waals surface area contributed by atoms with Gasteiger partial charge in [0.1, 0.15) is 0 Å². The van der Waals surface area contributed by atoms with Crippen molar-refractivity contribution in [2.75, 3.05) is 0 Å². The number of aromatic nitrogens is 1. The summed E-state index contributed by atoms with van der Waals surface area (Å²) in [4.78, 5) is 17.1. The summed E-state index contributed by atoms with van der Waals surface area (Å²) in [6.07, 6.45) is 3.22. The van der Waals surface area contributed by atoms with E-state index >= 15 is 0 Å². The molecule has 1 amide bonds. The van der Waals surface area contributed by atoms with Crippen LogP contribution in [0.15, 0.2) is 53.7 Å². The molecule has 0 aliphatic heterocycles. The highest BCUT2D eigenvalue weighted by atomic mass is 32.2. The zero-order valence-electron chi connectivity index (χ0n) is 11.7. The second kappa shape index (κ2) is 7.10. The maximum absolute atomic E-state index is 11.9. The van der Waals surface area contributed by atoms with Crippen molar-refractivity contribution < 1.29 is 4.79 Å². The molecular weight excluding hydrogens is 268 g/mol. The van der Waals surface area contributed by atoms with E-state index in [2.05, 4.69) is 36.3 Å². The summed E-state index contributed by atoms with van der Waals surface area (Å²) in [5.41, 5.74) is 1.68.